The van der Waals surface area contributed by atoms with Gasteiger partial charge in [0.15, 0.2) is 0 Å². The van der Waals surface area contributed by atoms with Gasteiger partial charge in [0.05, 0.1) is 12.2 Å². The third-order valence-electron chi connectivity index (χ3n) is 5.79. The maximum atomic E-state index is 12.6. The van der Waals surface area contributed by atoms with Crippen molar-refractivity contribution in [1.29, 1.82) is 0 Å². The first-order valence-electron chi connectivity index (χ1n) is 13.1. The number of nitrogens with zero attached hydrogens (tertiary/aromatic N) is 1. The summed E-state index contributed by atoms with van der Waals surface area (Å²) in [5, 5.41) is 9.00. The highest BCUT2D eigenvalue weighted by Gasteiger charge is 2.19. The first-order valence-corrected chi connectivity index (χ1v) is 13.1. The molecule has 3 aromatic carbocycles. The second-order valence-corrected chi connectivity index (χ2v) is 9.06. The van der Waals surface area contributed by atoms with Gasteiger partial charge < -0.3 is 30.8 Å². The Morgan fingerprint density at radius 3 is 2.14 bits per heavy atom. The minimum Gasteiger partial charge on any atom is -0.478 e. The highest BCUT2D eigenvalue weighted by atomic mass is 16.5. The van der Waals surface area contributed by atoms with Gasteiger partial charge in [-0.1, -0.05) is 42.5 Å². The third-order valence-corrected chi connectivity index (χ3v) is 5.79. The molecule has 1 unspecified atom stereocenters. The number of rotatable bonds is 12. The van der Waals surface area contributed by atoms with Crippen LogP contribution in [0.1, 0.15) is 40.9 Å². The largest absolute Gasteiger partial charge is 0.478 e. The number of hydrogen-bond acceptors (Lipinski definition) is 9. The van der Waals surface area contributed by atoms with E-state index in [-0.39, 0.29) is 41.6 Å². The number of carbonyl (C=O) groups is 4. The topological polar surface area (TPSA) is 181 Å². The number of carboxylic acids is 1. The van der Waals surface area contributed by atoms with Gasteiger partial charge in [0.25, 0.3) is 0 Å². The molecule has 0 aliphatic carbocycles. The fourth-order valence-electron chi connectivity index (χ4n) is 3.50. The van der Waals surface area contributed by atoms with Crippen molar-refractivity contribution in [1.82, 2.24) is 0 Å². The molecule has 0 aliphatic rings. The van der Waals surface area contributed by atoms with Crippen LogP contribution in [0.5, 0.6) is 5.75 Å². The number of aliphatic carboxylic acids is 1. The van der Waals surface area contributed by atoms with Crippen LogP contribution in [0.2, 0.25) is 0 Å². The van der Waals surface area contributed by atoms with Crippen molar-refractivity contribution in [2.45, 2.75) is 26.5 Å². The van der Waals surface area contributed by atoms with Crippen molar-refractivity contribution >= 4 is 35.8 Å². The van der Waals surface area contributed by atoms with Crippen LogP contribution in [-0.4, -0.2) is 47.5 Å². The fourth-order valence-corrected chi connectivity index (χ4v) is 3.50. The minimum atomic E-state index is -1.31. The van der Waals surface area contributed by atoms with Crippen LogP contribution >= 0.6 is 0 Å². The summed E-state index contributed by atoms with van der Waals surface area (Å²) in [6, 6.07) is 20.0. The number of amidine groups is 1. The van der Waals surface area contributed by atoms with Gasteiger partial charge in [0.2, 0.25) is 0 Å². The number of hydrogen-bond donors (Lipinski definition) is 3. The van der Waals surface area contributed by atoms with Gasteiger partial charge in [-0.2, -0.15) is 0 Å². The van der Waals surface area contributed by atoms with Crippen molar-refractivity contribution in [3.63, 3.8) is 0 Å². The van der Waals surface area contributed by atoms with E-state index in [4.69, 9.17) is 30.8 Å². The lowest BCUT2D eigenvalue weighted by Crippen LogP contribution is -2.31. The number of benzene rings is 3. The van der Waals surface area contributed by atoms with Gasteiger partial charge in [-0.3, -0.25) is 4.79 Å². The highest BCUT2D eigenvalue weighted by Crippen LogP contribution is 2.17. The second-order valence-electron chi connectivity index (χ2n) is 9.06. The van der Waals surface area contributed by atoms with Crippen LogP contribution in [-0.2, 0) is 30.5 Å². The summed E-state index contributed by atoms with van der Waals surface area (Å²) in [4.78, 5) is 52.6. The Labute approximate surface area is 248 Å². The maximum absolute atomic E-state index is 12.6. The molecule has 0 fully saturated rings. The van der Waals surface area contributed by atoms with Crippen molar-refractivity contribution in [2.24, 2.45) is 16.5 Å². The van der Waals surface area contributed by atoms with Crippen molar-refractivity contribution in [3.05, 3.63) is 118 Å². The van der Waals surface area contributed by atoms with E-state index in [1.807, 2.05) is 6.07 Å². The summed E-state index contributed by atoms with van der Waals surface area (Å²) >= 11 is 0. The van der Waals surface area contributed by atoms with E-state index in [9.17, 15) is 19.2 Å². The Bertz CT molecular complexity index is 1540. The predicted octanol–water partition coefficient (Wildman–Crippen LogP) is 3.62. The smallest absolute Gasteiger partial charge is 0.356 e. The van der Waals surface area contributed by atoms with Crippen molar-refractivity contribution in [2.75, 3.05) is 6.61 Å². The molecule has 43 heavy (non-hydrogen) atoms. The van der Waals surface area contributed by atoms with Crippen LogP contribution in [0, 0.1) is 0 Å². The minimum absolute atomic E-state index is 0.00737. The fraction of sp³-hybridized carbons (Fsp3) is 0.156. The number of carboxylic acid groups (broad SMARTS) is 1. The molecule has 0 aromatic heterocycles. The van der Waals surface area contributed by atoms with E-state index in [0.29, 0.717) is 11.1 Å². The molecule has 0 aliphatic heterocycles. The molecule has 0 spiro atoms. The number of nitrogens with two attached hydrogens (primary N) is 2. The summed E-state index contributed by atoms with van der Waals surface area (Å²) < 4.78 is 15.6. The Kier molecular flexibility index (Phi) is 11.5. The summed E-state index contributed by atoms with van der Waals surface area (Å²) in [5.74, 6) is -3.12. The molecule has 0 saturated carbocycles. The van der Waals surface area contributed by atoms with Crippen molar-refractivity contribution < 1.29 is 38.5 Å². The standard InChI is InChI=1S/C32H31N3O8/c1-3-41-32(40)27(18-26(33)31(39)42-19-22-7-5-4-6-8-22)35-28(34)23-13-15-25(16-14-23)43-30(38)24-11-9-21(10-12-24)17-20(2)29(36)37/h4-18,26H,3,19,33H2,1-2H3,(H2,34,35)(H,36,37). The molecule has 0 heterocycles. The number of aliphatic imine (C=N–C) groups is 1. The van der Waals surface area contributed by atoms with E-state index < -0.39 is 29.9 Å². The number of esters is 3. The lowest BCUT2D eigenvalue weighted by molar-refractivity contribution is -0.145. The molecular formula is C32H31N3O8. The van der Waals surface area contributed by atoms with E-state index in [1.54, 1.807) is 43.3 Å². The first kappa shape index (κ1) is 32.0. The van der Waals surface area contributed by atoms with Gasteiger partial charge in [-0.05, 0) is 73.5 Å². The lowest BCUT2D eigenvalue weighted by atomic mass is 10.1. The Balaban J connectivity index is 1.69. The number of ether oxygens (including phenoxy) is 3. The van der Waals surface area contributed by atoms with Gasteiger partial charge in [-0.15, -0.1) is 0 Å². The Hall–Kier alpha value is -5.55. The molecule has 11 heteroatoms. The molecular weight excluding hydrogens is 554 g/mol. The quantitative estimate of drug-likeness (QED) is 0.0934. The monoisotopic (exact) mass is 585 g/mol. The van der Waals surface area contributed by atoms with E-state index in [1.165, 1.54) is 49.4 Å². The zero-order chi connectivity index (χ0) is 31.4. The zero-order valence-electron chi connectivity index (χ0n) is 23.6. The second kappa shape index (κ2) is 15.5. The summed E-state index contributed by atoms with van der Waals surface area (Å²) in [7, 11) is 0. The van der Waals surface area contributed by atoms with Gasteiger partial charge in [0, 0.05) is 11.1 Å². The molecule has 3 aromatic rings. The summed E-state index contributed by atoms with van der Waals surface area (Å²) in [5.41, 5.74) is 14.0. The van der Waals surface area contributed by atoms with E-state index in [0.717, 1.165) is 11.6 Å². The Morgan fingerprint density at radius 2 is 1.53 bits per heavy atom. The van der Waals surface area contributed by atoms with Crippen LogP contribution < -0.4 is 16.2 Å². The normalized spacial score (nSPS) is 12.7. The van der Waals surface area contributed by atoms with E-state index in [2.05, 4.69) is 4.99 Å². The lowest BCUT2D eigenvalue weighted by Gasteiger charge is -2.10. The van der Waals surface area contributed by atoms with Gasteiger partial charge >= 0.3 is 23.9 Å². The highest BCUT2D eigenvalue weighted by molar-refractivity contribution is 6.02. The predicted molar refractivity (Wildman–Crippen MR) is 159 cm³/mol. The van der Waals surface area contributed by atoms with Gasteiger partial charge in [0.1, 0.15) is 29.9 Å². The number of carbonyl (C=O) groups excluding carboxylic acids is 3. The molecule has 0 radical (unpaired) electrons. The summed E-state index contributed by atoms with van der Waals surface area (Å²) in [6.45, 7) is 3.15. The van der Waals surface area contributed by atoms with E-state index >= 15 is 0 Å². The molecule has 5 N–H and O–H groups in total. The molecule has 0 bridgehead atoms. The third kappa shape index (κ3) is 9.80. The summed E-state index contributed by atoms with van der Waals surface area (Å²) in [6.07, 6.45) is 2.59. The first-order chi connectivity index (χ1) is 20.6. The molecule has 0 amide bonds. The zero-order valence-corrected chi connectivity index (χ0v) is 23.6. The molecule has 0 saturated heterocycles. The van der Waals surface area contributed by atoms with Crippen LogP contribution in [0.25, 0.3) is 6.08 Å². The average Bonchev–Trinajstić information content (AvgIpc) is 3.00. The average molecular weight is 586 g/mol. The Morgan fingerprint density at radius 1 is 0.907 bits per heavy atom. The van der Waals surface area contributed by atoms with Crippen LogP contribution in [0.4, 0.5) is 0 Å². The molecule has 1 atom stereocenters. The van der Waals surface area contributed by atoms with Crippen molar-refractivity contribution in [3.8, 4) is 5.75 Å². The maximum Gasteiger partial charge on any atom is 0.356 e. The molecule has 222 valence electrons. The van der Waals surface area contributed by atoms with Crippen LogP contribution in [0.15, 0.2) is 101 Å². The van der Waals surface area contributed by atoms with Gasteiger partial charge in [-0.25, -0.2) is 19.4 Å². The molecule has 11 nitrogen and oxygen atoms in total. The van der Waals surface area contributed by atoms with Crippen LogP contribution in [0.3, 0.4) is 0 Å². The SMILES string of the molecule is CCOC(=O)C(=CC(N)C(=O)OCc1ccccc1)N=C(N)c1ccc(OC(=O)c2ccc(C=C(C)C(=O)O)cc2)cc1. The molecule has 3 rings (SSSR count).